The van der Waals surface area contributed by atoms with Crippen molar-refractivity contribution in [1.82, 2.24) is 24.2 Å². The molecule has 0 bridgehead atoms. The molecule has 0 saturated carbocycles. The predicted molar refractivity (Wildman–Crippen MR) is 130 cm³/mol. The second kappa shape index (κ2) is 9.56. The smallest absolute Gasteiger partial charge is 0.242 e. The van der Waals surface area contributed by atoms with E-state index in [1.165, 1.54) is 10.6 Å². The molecule has 33 heavy (non-hydrogen) atoms. The monoisotopic (exact) mass is 485 g/mol. The Hall–Kier alpha value is -2.86. The van der Waals surface area contributed by atoms with Crippen LogP contribution in [0.5, 0.6) is 5.88 Å². The molecule has 1 atom stereocenters. The summed E-state index contributed by atoms with van der Waals surface area (Å²) in [4.78, 5) is 17.9. The van der Waals surface area contributed by atoms with E-state index in [-0.39, 0.29) is 26.6 Å². The van der Waals surface area contributed by atoms with Crippen LogP contribution in [0.4, 0.5) is 0 Å². The fourth-order valence-corrected chi connectivity index (χ4v) is 4.54. The zero-order valence-corrected chi connectivity index (χ0v) is 19.7. The van der Waals surface area contributed by atoms with E-state index in [1.54, 1.807) is 18.6 Å². The summed E-state index contributed by atoms with van der Waals surface area (Å²) < 4.78 is 36.8. The van der Waals surface area contributed by atoms with Crippen LogP contribution in [-0.2, 0) is 14.8 Å². The number of nitrogens with zero attached hydrogens (tertiary/aromatic N) is 5. The van der Waals surface area contributed by atoms with Crippen LogP contribution in [-0.4, -0.2) is 71.3 Å². The molecule has 4 aromatic rings. The third-order valence-corrected chi connectivity index (χ3v) is 6.57. The van der Waals surface area contributed by atoms with Crippen molar-refractivity contribution in [3.63, 3.8) is 0 Å². The number of rotatable bonds is 5. The molecule has 0 amide bonds. The molecule has 1 fully saturated rings. The molecule has 0 aliphatic carbocycles. The van der Waals surface area contributed by atoms with Crippen molar-refractivity contribution in [3.8, 4) is 17.1 Å². The summed E-state index contributed by atoms with van der Waals surface area (Å²) in [7, 11) is -3.28. The van der Waals surface area contributed by atoms with E-state index in [0.717, 1.165) is 16.5 Å². The van der Waals surface area contributed by atoms with Gasteiger partial charge < -0.3 is 9.47 Å². The maximum absolute atomic E-state index is 11.9. The average molecular weight is 486 g/mol. The summed E-state index contributed by atoms with van der Waals surface area (Å²) in [5.74, 6) is 0.331. The first-order valence-corrected chi connectivity index (χ1v) is 12.0. The van der Waals surface area contributed by atoms with Crippen LogP contribution in [0.2, 0.25) is 0 Å². The van der Waals surface area contributed by atoms with E-state index in [2.05, 4.69) is 15.0 Å². The van der Waals surface area contributed by atoms with Gasteiger partial charge in [0.2, 0.25) is 15.9 Å². The molecular formula is C22H23N5O4S2. The largest absolute Gasteiger partial charge is 0.473 e. The third-order valence-electron chi connectivity index (χ3n) is 5.30. The van der Waals surface area contributed by atoms with Crippen LogP contribution in [0, 0.1) is 0 Å². The Morgan fingerprint density at radius 2 is 1.91 bits per heavy atom. The van der Waals surface area contributed by atoms with Gasteiger partial charge in [-0.25, -0.2) is 18.4 Å². The quantitative estimate of drug-likeness (QED) is 0.424. The number of benzene rings is 1. The maximum atomic E-state index is 11.9. The number of pyridine rings is 2. The summed E-state index contributed by atoms with van der Waals surface area (Å²) in [6.07, 6.45) is 5.76. The van der Waals surface area contributed by atoms with Gasteiger partial charge in [0, 0.05) is 42.6 Å². The number of hydrogen-bond acceptors (Lipinski definition) is 8. The minimum absolute atomic E-state index is 0. The van der Waals surface area contributed by atoms with E-state index in [0.29, 0.717) is 35.8 Å². The first-order chi connectivity index (χ1) is 15.5. The number of fused-ring (bicyclic) bond motifs is 2. The summed E-state index contributed by atoms with van der Waals surface area (Å²) >= 11 is 0. The fraction of sp³-hybridized carbons (Fsp3) is 0.273. The Labute approximate surface area is 198 Å². The normalized spacial score (nSPS) is 17.1. The molecule has 5 rings (SSSR count). The molecule has 3 aromatic heterocycles. The van der Waals surface area contributed by atoms with Crippen LogP contribution >= 0.6 is 13.5 Å². The predicted octanol–water partition coefficient (Wildman–Crippen LogP) is 2.39. The molecule has 0 spiro atoms. The van der Waals surface area contributed by atoms with Crippen LogP contribution in [0.15, 0.2) is 55.0 Å². The standard InChI is InChI=1S/C22H21N5O4S.H2S/c1-32(28,29)27-9-10-30-17(13-27)14-31-22-21-20(24-7-8-25-21)12-19(26-22)16-4-5-18-15(11-16)3-2-6-23-18;/h2-8,11-12,17H,9-10,13-14H2,1H3;1H2/t17-;/m0./s1. The molecule has 0 N–H and O–H groups in total. The van der Waals surface area contributed by atoms with Gasteiger partial charge in [0.05, 0.1) is 29.6 Å². The van der Waals surface area contributed by atoms with E-state index in [4.69, 9.17) is 14.5 Å². The lowest BCUT2D eigenvalue weighted by atomic mass is 10.1. The molecule has 1 saturated heterocycles. The van der Waals surface area contributed by atoms with Crippen molar-refractivity contribution in [2.75, 3.05) is 32.6 Å². The number of ether oxygens (including phenoxy) is 2. The maximum Gasteiger partial charge on any atom is 0.242 e. The number of aromatic nitrogens is 4. The minimum atomic E-state index is -3.28. The third kappa shape index (κ3) is 5.06. The Bertz CT molecular complexity index is 1400. The lowest BCUT2D eigenvalue weighted by molar-refractivity contribution is -0.0252. The van der Waals surface area contributed by atoms with E-state index in [9.17, 15) is 8.42 Å². The average Bonchev–Trinajstić information content (AvgIpc) is 2.81. The second-order valence-electron chi connectivity index (χ2n) is 7.57. The van der Waals surface area contributed by atoms with E-state index >= 15 is 0 Å². The van der Waals surface area contributed by atoms with Crippen molar-refractivity contribution < 1.29 is 17.9 Å². The van der Waals surface area contributed by atoms with E-state index in [1.807, 2.05) is 36.4 Å². The van der Waals surface area contributed by atoms with Gasteiger partial charge in [0.1, 0.15) is 12.7 Å². The van der Waals surface area contributed by atoms with Crippen molar-refractivity contribution in [1.29, 1.82) is 0 Å². The fourth-order valence-electron chi connectivity index (χ4n) is 3.69. The summed E-state index contributed by atoms with van der Waals surface area (Å²) in [5.41, 5.74) is 3.69. The zero-order valence-electron chi connectivity index (χ0n) is 17.9. The number of sulfonamides is 1. The molecule has 1 aliphatic heterocycles. The lowest BCUT2D eigenvalue weighted by Gasteiger charge is -2.30. The Kier molecular flexibility index (Phi) is 6.75. The number of morpholine rings is 1. The summed E-state index contributed by atoms with van der Waals surface area (Å²) in [6, 6.07) is 11.7. The van der Waals surface area contributed by atoms with E-state index < -0.39 is 16.1 Å². The van der Waals surface area contributed by atoms with Crippen molar-refractivity contribution in [2.45, 2.75) is 6.10 Å². The van der Waals surface area contributed by atoms with Gasteiger partial charge in [0.15, 0.2) is 5.52 Å². The molecule has 4 heterocycles. The summed E-state index contributed by atoms with van der Waals surface area (Å²) in [6.45, 7) is 1.05. The van der Waals surface area contributed by atoms with Gasteiger partial charge in [-0.3, -0.25) is 9.97 Å². The number of hydrogen-bond donors (Lipinski definition) is 0. The Morgan fingerprint density at radius 3 is 2.76 bits per heavy atom. The molecule has 11 heteroatoms. The molecule has 1 aliphatic rings. The van der Waals surface area contributed by atoms with Gasteiger partial charge in [-0.1, -0.05) is 12.1 Å². The van der Waals surface area contributed by atoms with Crippen molar-refractivity contribution in [2.24, 2.45) is 0 Å². The first-order valence-electron chi connectivity index (χ1n) is 10.1. The highest BCUT2D eigenvalue weighted by Crippen LogP contribution is 2.29. The van der Waals surface area contributed by atoms with Gasteiger partial charge in [-0.05, 0) is 24.3 Å². The highest BCUT2D eigenvalue weighted by atomic mass is 32.2. The van der Waals surface area contributed by atoms with Crippen LogP contribution < -0.4 is 4.74 Å². The van der Waals surface area contributed by atoms with Crippen molar-refractivity contribution >= 4 is 45.5 Å². The molecule has 0 radical (unpaired) electrons. The lowest BCUT2D eigenvalue weighted by Crippen LogP contribution is -2.47. The summed E-state index contributed by atoms with van der Waals surface area (Å²) in [5, 5.41) is 1.00. The molecular weight excluding hydrogens is 462 g/mol. The molecule has 172 valence electrons. The molecule has 9 nitrogen and oxygen atoms in total. The Balaban J connectivity index is 0.00000259. The van der Waals surface area contributed by atoms with Gasteiger partial charge >= 0.3 is 0 Å². The highest BCUT2D eigenvalue weighted by molar-refractivity contribution is 7.88. The van der Waals surface area contributed by atoms with Gasteiger partial charge in [-0.15, -0.1) is 0 Å². The van der Waals surface area contributed by atoms with Crippen LogP contribution in [0.25, 0.3) is 33.2 Å². The topological polar surface area (TPSA) is 107 Å². The van der Waals surface area contributed by atoms with Crippen LogP contribution in [0.3, 0.4) is 0 Å². The second-order valence-corrected chi connectivity index (χ2v) is 9.55. The molecule has 1 aromatic carbocycles. The van der Waals surface area contributed by atoms with Gasteiger partial charge in [-0.2, -0.15) is 17.8 Å². The van der Waals surface area contributed by atoms with Crippen LogP contribution in [0.1, 0.15) is 0 Å². The minimum Gasteiger partial charge on any atom is -0.473 e. The zero-order chi connectivity index (χ0) is 22.1. The van der Waals surface area contributed by atoms with Gasteiger partial charge in [0.25, 0.3) is 0 Å². The highest BCUT2D eigenvalue weighted by Gasteiger charge is 2.27. The van der Waals surface area contributed by atoms with Crippen molar-refractivity contribution in [3.05, 3.63) is 55.0 Å². The Morgan fingerprint density at radius 1 is 1.09 bits per heavy atom. The SMILES string of the molecule is CS(=O)(=O)N1CCO[C@H](COc2nc(-c3ccc4ncccc4c3)cc3nccnc23)C1.S. The molecule has 0 unspecified atom stereocenters. The first kappa shape index (κ1) is 23.3.